The van der Waals surface area contributed by atoms with Gasteiger partial charge in [0, 0.05) is 13.0 Å². The lowest BCUT2D eigenvalue weighted by Gasteiger charge is -2.11. The summed E-state index contributed by atoms with van der Waals surface area (Å²) in [5.41, 5.74) is -0.435. The molecule has 7 heteroatoms. The van der Waals surface area contributed by atoms with Crippen molar-refractivity contribution in [3.63, 3.8) is 0 Å². The molecular weight excluding hydrogens is 276 g/mol. The van der Waals surface area contributed by atoms with E-state index in [1.165, 1.54) is 4.57 Å². The topological polar surface area (TPSA) is 83.5 Å². The number of nitrogens with zero attached hydrogens (tertiary/aromatic N) is 2. The lowest BCUT2D eigenvalue weighted by molar-refractivity contribution is 0.613. The van der Waals surface area contributed by atoms with Crippen molar-refractivity contribution < 1.29 is 0 Å². The summed E-state index contributed by atoms with van der Waals surface area (Å²) in [6.45, 7) is 6.62. The maximum atomic E-state index is 11.9. The molecule has 2 heterocycles. The number of hydrogen-bond acceptors (Lipinski definition) is 4. The zero-order chi connectivity index (χ0) is 14.9. The van der Waals surface area contributed by atoms with Crippen LogP contribution >= 0.6 is 12.2 Å². The van der Waals surface area contributed by atoms with E-state index in [2.05, 4.69) is 28.8 Å². The molecule has 0 radical (unpaired) electrons. The van der Waals surface area contributed by atoms with Gasteiger partial charge in [0.2, 0.25) is 0 Å². The van der Waals surface area contributed by atoms with Crippen LogP contribution in [-0.4, -0.2) is 19.5 Å². The third-order valence-corrected chi connectivity index (χ3v) is 3.26. The number of nitrogens with one attached hydrogen (secondary N) is 2. The molecule has 0 saturated carbocycles. The van der Waals surface area contributed by atoms with Crippen molar-refractivity contribution in [2.75, 3.05) is 0 Å². The van der Waals surface area contributed by atoms with Gasteiger partial charge in [-0.1, -0.05) is 33.0 Å². The van der Waals surface area contributed by atoms with Gasteiger partial charge in [-0.05, 0) is 12.3 Å². The van der Waals surface area contributed by atoms with Crippen LogP contribution in [0.15, 0.2) is 9.59 Å². The van der Waals surface area contributed by atoms with E-state index < -0.39 is 11.2 Å². The van der Waals surface area contributed by atoms with Crippen molar-refractivity contribution in [3.05, 3.63) is 31.3 Å². The van der Waals surface area contributed by atoms with E-state index in [9.17, 15) is 9.59 Å². The van der Waals surface area contributed by atoms with Crippen molar-refractivity contribution in [2.45, 2.75) is 40.2 Å². The van der Waals surface area contributed by atoms with Crippen LogP contribution in [0.25, 0.3) is 11.0 Å². The third kappa shape index (κ3) is 2.72. The Labute approximate surface area is 120 Å². The first-order chi connectivity index (χ1) is 9.43. The molecular formula is C13H18N4O2S. The highest BCUT2D eigenvalue weighted by atomic mass is 32.1. The van der Waals surface area contributed by atoms with Gasteiger partial charge in [0.15, 0.2) is 0 Å². The number of hydrogen-bond donors (Lipinski definition) is 2. The summed E-state index contributed by atoms with van der Waals surface area (Å²) in [5.74, 6) is 1.10. The Kier molecular flexibility index (Phi) is 4.17. The smallest absolute Gasteiger partial charge is 0.329 e. The molecule has 2 N–H and O–H groups in total. The van der Waals surface area contributed by atoms with Gasteiger partial charge >= 0.3 is 5.69 Å². The van der Waals surface area contributed by atoms with Gasteiger partial charge in [-0.25, -0.2) is 9.78 Å². The average molecular weight is 294 g/mol. The van der Waals surface area contributed by atoms with E-state index >= 15 is 0 Å². The molecule has 0 aliphatic heterocycles. The third-order valence-electron chi connectivity index (χ3n) is 2.96. The van der Waals surface area contributed by atoms with Crippen LogP contribution in [0.1, 0.15) is 33.0 Å². The molecule has 2 rings (SSSR count). The second-order valence-corrected chi connectivity index (χ2v) is 5.61. The van der Waals surface area contributed by atoms with Crippen LogP contribution in [0.4, 0.5) is 0 Å². The van der Waals surface area contributed by atoms with Gasteiger partial charge in [-0.15, -0.1) is 0 Å². The molecule has 0 amide bonds. The number of aryl methyl sites for hydroxylation is 1. The minimum Gasteiger partial charge on any atom is -0.329 e. The van der Waals surface area contributed by atoms with E-state index in [0.717, 1.165) is 6.42 Å². The minimum absolute atomic E-state index is 0.237. The number of rotatable bonds is 4. The van der Waals surface area contributed by atoms with Gasteiger partial charge in [-0.2, -0.15) is 0 Å². The van der Waals surface area contributed by atoms with Crippen LogP contribution in [0.3, 0.4) is 0 Å². The second-order valence-electron chi connectivity index (χ2n) is 5.22. The van der Waals surface area contributed by atoms with Gasteiger partial charge < -0.3 is 4.98 Å². The first-order valence-corrected chi connectivity index (χ1v) is 7.10. The molecule has 0 aliphatic rings. The van der Waals surface area contributed by atoms with E-state index in [4.69, 9.17) is 12.2 Å². The predicted molar refractivity (Wildman–Crippen MR) is 80.6 cm³/mol. The van der Waals surface area contributed by atoms with Crippen LogP contribution in [0, 0.1) is 10.6 Å². The van der Waals surface area contributed by atoms with Crippen LogP contribution in [0.2, 0.25) is 0 Å². The molecule has 0 unspecified atom stereocenters. The van der Waals surface area contributed by atoms with E-state index in [1.807, 2.05) is 6.92 Å². The summed E-state index contributed by atoms with van der Waals surface area (Å²) in [6.07, 6.45) is 1.50. The van der Waals surface area contributed by atoms with Crippen LogP contribution in [-0.2, 0) is 13.0 Å². The summed E-state index contributed by atoms with van der Waals surface area (Å²) < 4.78 is 1.75. The molecule has 0 spiro atoms. The standard InChI is InChI=1S/C13H18N4O2S/c1-4-5-17-10-9(11(18)16-13(17)19)12(20)15-8(14-10)6-7(2)3/h7H,4-6H2,1-3H3,(H,14,15,20)(H,16,18,19). The summed E-state index contributed by atoms with van der Waals surface area (Å²) in [6, 6.07) is 0. The molecule has 0 atom stereocenters. The van der Waals surface area contributed by atoms with E-state index in [-0.39, 0.29) is 10.0 Å². The van der Waals surface area contributed by atoms with E-state index in [0.29, 0.717) is 30.4 Å². The maximum absolute atomic E-state index is 11.9. The predicted octanol–water partition coefficient (Wildman–Crippen LogP) is 1.75. The largest absolute Gasteiger partial charge is 0.329 e. The van der Waals surface area contributed by atoms with Crippen molar-refractivity contribution in [1.29, 1.82) is 0 Å². The Morgan fingerprint density at radius 2 is 2.00 bits per heavy atom. The second kappa shape index (κ2) is 5.70. The summed E-state index contributed by atoms with van der Waals surface area (Å²) >= 11 is 5.20. The van der Waals surface area contributed by atoms with Crippen LogP contribution in [0.5, 0.6) is 0 Å². The SMILES string of the molecule is CCCn1c(=O)[nH]c(=O)c2c(=S)nc(CC(C)C)[nH]c21. The molecule has 0 saturated heterocycles. The van der Waals surface area contributed by atoms with E-state index in [1.54, 1.807) is 0 Å². The first kappa shape index (κ1) is 14.6. The number of fused-ring (bicyclic) bond motifs is 1. The zero-order valence-corrected chi connectivity index (χ0v) is 12.6. The molecule has 108 valence electrons. The van der Waals surface area contributed by atoms with Gasteiger partial charge in [0.25, 0.3) is 5.56 Å². The summed E-state index contributed by atoms with van der Waals surface area (Å²) in [4.78, 5) is 33.5. The lowest BCUT2D eigenvalue weighted by Crippen LogP contribution is -2.31. The molecule has 2 aromatic heterocycles. The monoisotopic (exact) mass is 294 g/mol. The quantitative estimate of drug-likeness (QED) is 0.842. The Morgan fingerprint density at radius 1 is 1.30 bits per heavy atom. The molecule has 0 fully saturated rings. The maximum Gasteiger partial charge on any atom is 0.329 e. The highest BCUT2D eigenvalue weighted by Crippen LogP contribution is 2.10. The Balaban J connectivity index is 2.84. The molecule has 0 bridgehead atoms. The van der Waals surface area contributed by atoms with Crippen molar-refractivity contribution >= 4 is 23.3 Å². The van der Waals surface area contributed by atoms with Crippen molar-refractivity contribution in [1.82, 2.24) is 19.5 Å². The van der Waals surface area contributed by atoms with Gasteiger partial charge in [0.1, 0.15) is 21.5 Å². The van der Waals surface area contributed by atoms with Crippen molar-refractivity contribution in [2.24, 2.45) is 5.92 Å². The highest BCUT2D eigenvalue weighted by Gasteiger charge is 2.12. The fraction of sp³-hybridized carbons (Fsp3) is 0.538. The first-order valence-electron chi connectivity index (χ1n) is 6.70. The molecule has 0 aromatic carbocycles. The normalized spacial score (nSPS) is 11.4. The molecule has 20 heavy (non-hydrogen) atoms. The molecule has 2 aromatic rings. The fourth-order valence-electron chi connectivity index (χ4n) is 2.16. The fourth-order valence-corrected chi connectivity index (χ4v) is 2.46. The Bertz CT molecular complexity index is 801. The number of aromatic nitrogens is 4. The average Bonchev–Trinajstić information content (AvgIpc) is 2.32. The van der Waals surface area contributed by atoms with Crippen LogP contribution < -0.4 is 11.2 Å². The molecule has 6 nitrogen and oxygen atoms in total. The highest BCUT2D eigenvalue weighted by molar-refractivity contribution is 7.71. The Morgan fingerprint density at radius 3 is 2.60 bits per heavy atom. The summed E-state index contributed by atoms with van der Waals surface area (Å²) in [7, 11) is 0. The zero-order valence-electron chi connectivity index (χ0n) is 11.8. The van der Waals surface area contributed by atoms with Gasteiger partial charge in [-0.3, -0.25) is 14.3 Å². The minimum atomic E-state index is -0.484. The number of H-pyrrole nitrogens is 2. The van der Waals surface area contributed by atoms with Crippen molar-refractivity contribution in [3.8, 4) is 0 Å². The molecule has 0 aliphatic carbocycles. The summed E-state index contributed by atoms with van der Waals surface area (Å²) in [5, 5.41) is 0.278. The van der Waals surface area contributed by atoms with Gasteiger partial charge in [0.05, 0.1) is 0 Å². The Hall–Kier alpha value is -1.76. The lowest BCUT2D eigenvalue weighted by atomic mass is 10.1. The number of aromatic amines is 2.